The van der Waals surface area contributed by atoms with Gasteiger partial charge in [-0.2, -0.15) is 0 Å². The summed E-state index contributed by atoms with van der Waals surface area (Å²) in [5.41, 5.74) is 2.56. The van der Waals surface area contributed by atoms with Crippen molar-refractivity contribution in [2.24, 2.45) is 0 Å². The molecule has 0 aliphatic carbocycles. The molecule has 0 saturated heterocycles. The molecule has 0 aliphatic heterocycles. The molecule has 0 saturated carbocycles. The van der Waals surface area contributed by atoms with Crippen LogP contribution in [-0.2, 0) is 11.3 Å². The molecule has 0 radical (unpaired) electrons. The van der Waals surface area contributed by atoms with Crippen molar-refractivity contribution in [2.45, 2.75) is 65.5 Å². The quantitative estimate of drug-likeness (QED) is 0.682. The molecule has 1 amide bonds. The summed E-state index contributed by atoms with van der Waals surface area (Å²) >= 11 is 0. The highest BCUT2D eigenvalue weighted by molar-refractivity contribution is 5.81. The molecular weight excluding hydrogens is 260 g/mol. The molecule has 1 aromatic carbocycles. The molecule has 2 N–H and O–H groups in total. The van der Waals surface area contributed by atoms with Gasteiger partial charge < -0.3 is 10.6 Å². The minimum atomic E-state index is -0.156. The topological polar surface area (TPSA) is 41.1 Å². The molecule has 1 unspecified atom stereocenters. The number of amides is 1. The summed E-state index contributed by atoms with van der Waals surface area (Å²) in [7, 11) is 0. The zero-order chi connectivity index (χ0) is 15.7. The Morgan fingerprint density at radius 3 is 2.33 bits per heavy atom. The fourth-order valence-electron chi connectivity index (χ4n) is 2.12. The molecule has 3 nitrogen and oxygen atoms in total. The summed E-state index contributed by atoms with van der Waals surface area (Å²) in [5, 5.41) is 6.25. The molecule has 0 aromatic heterocycles. The Labute approximate surface area is 129 Å². The molecular formula is C18H30N2O. The van der Waals surface area contributed by atoms with E-state index in [1.807, 2.05) is 6.92 Å². The van der Waals surface area contributed by atoms with Gasteiger partial charge in [-0.15, -0.1) is 0 Å². The zero-order valence-corrected chi connectivity index (χ0v) is 13.9. The van der Waals surface area contributed by atoms with Crippen molar-refractivity contribution in [1.82, 2.24) is 10.6 Å². The summed E-state index contributed by atoms with van der Waals surface area (Å²) in [4.78, 5) is 11.9. The van der Waals surface area contributed by atoms with Crippen LogP contribution in [-0.4, -0.2) is 18.5 Å². The van der Waals surface area contributed by atoms with Gasteiger partial charge in [0.15, 0.2) is 0 Å². The number of carbonyl (C=O) groups excluding carboxylic acids is 1. The van der Waals surface area contributed by atoms with Gasteiger partial charge >= 0.3 is 0 Å². The summed E-state index contributed by atoms with van der Waals surface area (Å²) < 4.78 is 0. The summed E-state index contributed by atoms with van der Waals surface area (Å²) in [6.07, 6.45) is 3.41. The van der Waals surface area contributed by atoms with E-state index in [9.17, 15) is 4.79 Å². The van der Waals surface area contributed by atoms with Crippen LogP contribution < -0.4 is 10.6 Å². The summed E-state index contributed by atoms with van der Waals surface area (Å²) in [6, 6.07) is 8.44. The third-order valence-corrected chi connectivity index (χ3v) is 3.73. The van der Waals surface area contributed by atoms with E-state index in [1.165, 1.54) is 24.0 Å². The van der Waals surface area contributed by atoms with Crippen LogP contribution in [0.4, 0.5) is 0 Å². The fourth-order valence-corrected chi connectivity index (χ4v) is 2.12. The predicted octanol–water partition coefficient (Wildman–Crippen LogP) is 3.59. The predicted molar refractivity (Wildman–Crippen MR) is 89.4 cm³/mol. The summed E-state index contributed by atoms with van der Waals surface area (Å²) in [5.74, 6) is 0.643. The van der Waals surface area contributed by atoms with Gasteiger partial charge in [0.25, 0.3) is 0 Å². The maximum atomic E-state index is 11.9. The molecule has 21 heavy (non-hydrogen) atoms. The number of carbonyl (C=O) groups is 1. The first-order chi connectivity index (χ1) is 10.0. The number of rotatable bonds is 9. The highest BCUT2D eigenvalue weighted by Crippen LogP contribution is 2.14. The Morgan fingerprint density at radius 1 is 1.10 bits per heavy atom. The smallest absolute Gasteiger partial charge is 0.236 e. The van der Waals surface area contributed by atoms with Crippen molar-refractivity contribution in [2.75, 3.05) is 6.54 Å². The van der Waals surface area contributed by atoms with Gasteiger partial charge in [0.1, 0.15) is 0 Å². The van der Waals surface area contributed by atoms with E-state index in [0.717, 1.165) is 19.5 Å². The van der Waals surface area contributed by atoms with Gasteiger partial charge in [0.2, 0.25) is 5.91 Å². The van der Waals surface area contributed by atoms with E-state index >= 15 is 0 Å². The Morgan fingerprint density at radius 2 is 1.76 bits per heavy atom. The average molecular weight is 290 g/mol. The third-order valence-electron chi connectivity index (χ3n) is 3.73. The van der Waals surface area contributed by atoms with Gasteiger partial charge in [-0.1, -0.05) is 57.9 Å². The minimum absolute atomic E-state index is 0.0879. The van der Waals surface area contributed by atoms with E-state index in [-0.39, 0.29) is 11.9 Å². The fraction of sp³-hybridized carbons (Fsp3) is 0.611. The van der Waals surface area contributed by atoms with Crippen LogP contribution in [0.5, 0.6) is 0 Å². The van der Waals surface area contributed by atoms with Crippen LogP contribution >= 0.6 is 0 Å². The maximum absolute atomic E-state index is 11.9. The van der Waals surface area contributed by atoms with Crippen molar-refractivity contribution in [3.05, 3.63) is 35.4 Å². The third kappa shape index (κ3) is 6.76. The van der Waals surface area contributed by atoms with Crippen LogP contribution in [0.25, 0.3) is 0 Å². The average Bonchev–Trinajstić information content (AvgIpc) is 2.49. The minimum Gasteiger partial charge on any atom is -0.355 e. The van der Waals surface area contributed by atoms with Gasteiger partial charge in [0, 0.05) is 13.1 Å². The van der Waals surface area contributed by atoms with Crippen LogP contribution in [0.3, 0.4) is 0 Å². The number of nitrogens with one attached hydrogen (secondary N) is 2. The molecule has 0 aliphatic rings. The van der Waals surface area contributed by atoms with E-state index < -0.39 is 0 Å². The standard InChI is InChI=1S/C18H30N2O/c1-5-6-7-12-19-18(21)15(4)20-13-16-8-10-17(11-9-16)14(2)3/h8-11,14-15,20H,5-7,12-13H2,1-4H3,(H,19,21). The van der Waals surface area contributed by atoms with Crippen molar-refractivity contribution in [1.29, 1.82) is 0 Å². The molecule has 3 heteroatoms. The zero-order valence-electron chi connectivity index (χ0n) is 13.9. The number of hydrogen-bond acceptors (Lipinski definition) is 2. The molecule has 0 fully saturated rings. The Kier molecular flexibility index (Phi) is 8.06. The maximum Gasteiger partial charge on any atom is 0.236 e. The lowest BCUT2D eigenvalue weighted by atomic mass is 10.0. The number of benzene rings is 1. The number of unbranched alkanes of at least 4 members (excludes halogenated alkanes) is 2. The lowest BCUT2D eigenvalue weighted by molar-refractivity contribution is -0.122. The van der Waals surface area contributed by atoms with Crippen molar-refractivity contribution in [3.63, 3.8) is 0 Å². The van der Waals surface area contributed by atoms with E-state index in [2.05, 4.69) is 55.7 Å². The molecule has 0 spiro atoms. The van der Waals surface area contributed by atoms with Crippen LogP contribution in [0.1, 0.15) is 64.0 Å². The van der Waals surface area contributed by atoms with Crippen molar-refractivity contribution < 1.29 is 4.79 Å². The van der Waals surface area contributed by atoms with E-state index in [4.69, 9.17) is 0 Å². The Hall–Kier alpha value is -1.35. The first-order valence-corrected chi connectivity index (χ1v) is 8.14. The van der Waals surface area contributed by atoms with E-state index in [1.54, 1.807) is 0 Å². The second-order valence-electron chi connectivity index (χ2n) is 6.00. The highest BCUT2D eigenvalue weighted by atomic mass is 16.2. The van der Waals surface area contributed by atoms with Crippen LogP contribution in [0.2, 0.25) is 0 Å². The number of hydrogen-bond donors (Lipinski definition) is 2. The first kappa shape index (κ1) is 17.7. The molecule has 1 rings (SSSR count). The first-order valence-electron chi connectivity index (χ1n) is 8.14. The van der Waals surface area contributed by atoms with Gasteiger partial charge in [-0.25, -0.2) is 0 Å². The molecule has 0 heterocycles. The van der Waals surface area contributed by atoms with Gasteiger partial charge in [0.05, 0.1) is 6.04 Å². The van der Waals surface area contributed by atoms with Gasteiger partial charge in [-0.05, 0) is 30.4 Å². The summed E-state index contributed by atoms with van der Waals surface area (Å²) in [6.45, 7) is 9.97. The monoisotopic (exact) mass is 290 g/mol. The van der Waals surface area contributed by atoms with Crippen molar-refractivity contribution in [3.8, 4) is 0 Å². The van der Waals surface area contributed by atoms with Gasteiger partial charge in [-0.3, -0.25) is 4.79 Å². The molecule has 118 valence electrons. The van der Waals surface area contributed by atoms with Crippen molar-refractivity contribution >= 4 is 5.91 Å². The molecule has 1 aromatic rings. The second kappa shape index (κ2) is 9.56. The Balaban J connectivity index is 2.31. The normalized spacial score (nSPS) is 12.4. The molecule has 0 bridgehead atoms. The Bertz CT molecular complexity index is 412. The van der Waals surface area contributed by atoms with Crippen LogP contribution in [0, 0.1) is 0 Å². The van der Waals surface area contributed by atoms with E-state index in [0.29, 0.717) is 5.92 Å². The molecule has 1 atom stereocenters. The lowest BCUT2D eigenvalue weighted by Gasteiger charge is -2.14. The highest BCUT2D eigenvalue weighted by Gasteiger charge is 2.11. The van der Waals surface area contributed by atoms with Crippen LogP contribution in [0.15, 0.2) is 24.3 Å². The SMILES string of the molecule is CCCCCNC(=O)C(C)NCc1ccc(C(C)C)cc1. The lowest BCUT2D eigenvalue weighted by Crippen LogP contribution is -2.42. The second-order valence-corrected chi connectivity index (χ2v) is 6.00. The largest absolute Gasteiger partial charge is 0.355 e.